The molecule has 2 N–H and O–H groups in total. The number of hydrogen-bond donors (Lipinski definition) is 2. The van der Waals surface area contributed by atoms with Crippen LogP contribution in [0.25, 0.3) is 21.6 Å². The smallest absolute Gasteiger partial charge is 0.270 e. The first-order chi connectivity index (χ1) is 14.2. The van der Waals surface area contributed by atoms with Crippen LogP contribution in [0.1, 0.15) is 16.1 Å². The average molecular weight is 407 g/mol. The molecule has 148 valence electrons. The Kier molecular flexibility index (Phi) is 5.48. The molecule has 7 heteroatoms. The lowest BCUT2D eigenvalue weighted by atomic mass is 10.1. The van der Waals surface area contributed by atoms with Crippen LogP contribution in [0.4, 0.5) is 0 Å². The van der Waals surface area contributed by atoms with Crippen molar-refractivity contribution >= 4 is 28.1 Å². The lowest BCUT2D eigenvalue weighted by molar-refractivity contribution is 0.0950. The first kappa shape index (κ1) is 19.0. The van der Waals surface area contributed by atoms with E-state index in [0.717, 1.165) is 27.2 Å². The van der Waals surface area contributed by atoms with Gasteiger partial charge in [-0.3, -0.25) is 4.79 Å². The predicted molar refractivity (Wildman–Crippen MR) is 115 cm³/mol. The molecule has 2 heterocycles. The maximum atomic E-state index is 12.5. The van der Waals surface area contributed by atoms with E-state index < -0.39 is 0 Å². The zero-order valence-electron chi connectivity index (χ0n) is 16.2. The van der Waals surface area contributed by atoms with E-state index >= 15 is 0 Å². The number of nitrogens with zero attached hydrogens (tertiary/aromatic N) is 1. The number of methoxy groups -OCH3 is 2. The lowest BCUT2D eigenvalue weighted by Gasteiger charge is -2.09. The van der Waals surface area contributed by atoms with Gasteiger partial charge in [0, 0.05) is 22.8 Å². The van der Waals surface area contributed by atoms with Crippen LogP contribution in [-0.4, -0.2) is 36.6 Å². The molecule has 0 spiro atoms. The van der Waals surface area contributed by atoms with Crippen LogP contribution in [0.2, 0.25) is 0 Å². The van der Waals surface area contributed by atoms with Crippen molar-refractivity contribution in [3.05, 3.63) is 65.2 Å². The zero-order valence-corrected chi connectivity index (χ0v) is 17.0. The third-order valence-corrected chi connectivity index (χ3v) is 5.52. The summed E-state index contributed by atoms with van der Waals surface area (Å²) in [6, 6.07) is 15.8. The number of carbonyl (C=O) groups excluding carboxylic acids is 1. The van der Waals surface area contributed by atoms with Gasteiger partial charge in [-0.05, 0) is 36.2 Å². The summed E-state index contributed by atoms with van der Waals surface area (Å²) in [5.41, 5.74) is 3.45. The van der Waals surface area contributed by atoms with Gasteiger partial charge in [0.05, 0.1) is 19.9 Å². The van der Waals surface area contributed by atoms with Crippen LogP contribution in [-0.2, 0) is 6.42 Å². The highest BCUT2D eigenvalue weighted by Crippen LogP contribution is 2.28. The topological polar surface area (TPSA) is 76.2 Å². The third-order valence-electron chi connectivity index (χ3n) is 4.64. The van der Waals surface area contributed by atoms with Crippen LogP contribution in [0.3, 0.4) is 0 Å². The molecule has 4 aromatic rings. The monoisotopic (exact) mass is 407 g/mol. The lowest BCUT2D eigenvalue weighted by Crippen LogP contribution is -2.25. The maximum absolute atomic E-state index is 12.5. The molecule has 0 bridgehead atoms. The molecule has 0 fully saturated rings. The fraction of sp³-hybridized carbons (Fsp3) is 0.182. The van der Waals surface area contributed by atoms with Gasteiger partial charge in [0.25, 0.3) is 5.91 Å². The van der Waals surface area contributed by atoms with Crippen LogP contribution >= 0.6 is 11.3 Å². The van der Waals surface area contributed by atoms with E-state index in [1.54, 1.807) is 19.6 Å². The number of carbonyl (C=O) groups is 1. The number of aromatic amines is 1. The van der Waals surface area contributed by atoms with E-state index in [-0.39, 0.29) is 5.91 Å². The Morgan fingerprint density at radius 2 is 1.93 bits per heavy atom. The van der Waals surface area contributed by atoms with Gasteiger partial charge in [-0.15, -0.1) is 11.3 Å². The fourth-order valence-electron chi connectivity index (χ4n) is 3.14. The second kappa shape index (κ2) is 8.36. The van der Waals surface area contributed by atoms with E-state index in [1.165, 1.54) is 11.3 Å². The van der Waals surface area contributed by atoms with E-state index in [0.29, 0.717) is 30.2 Å². The predicted octanol–water partition coefficient (Wildman–Crippen LogP) is 4.28. The molecule has 4 rings (SSSR count). The molecule has 0 aliphatic heterocycles. The number of ether oxygens (including phenoxy) is 2. The van der Waals surface area contributed by atoms with E-state index in [1.807, 2.05) is 48.5 Å². The molecule has 0 aliphatic carbocycles. The summed E-state index contributed by atoms with van der Waals surface area (Å²) in [4.78, 5) is 20.3. The summed E-state index contributed by atoms with van der Waals surface area (Å²) in [6.07, 6.45) is 0.686. The highest BCUT2D eigenvalue weighted by molar-refractivity contribution is 7.13. The van der Waals surface area contributed by atoms with Crippen molar-refractivity contribution in [2.75, 3.05) is 20.8 Å². The number of para-hydroxylation sites is 1. The first-order valence-corrected chi connectivity index (χ1v) is 10.1. The highest BCUT2D eigenvalue weighted by Gasteiger charge is 2.13. The first-order valence-electron chi connectivity index (χ1n) is 9.20. The SMILES string of the molecule is COc1ccc(CCNC(=O)c2csc(-c3cc4ccccc4[nH]3)n2)cc1OC. The van der Waals surface area contributed by atoms with Crippen molar-refractivity contribution in [2.45, 2.75) is 6.42 Å². The van der Waals surface area contributed by atoms with Crippen LogP contribution in [0.15, 0.2) is 53.9 Å². The molecular weight excluding hydrogens is 386 g/mol. The number of thiazole rings is 1. The van der Waals surface area contributed by atoms with Gasteiger partial charge in [0.2, 0.25) is 0 Å². The van der Waals surface area contributed by atoms with Crippen molar-refractivity contribution in [1.82, 2.24) is 15.3 Å². The van der Waals surface area contributed by atoms with Crippen molar-refractivity contribution in [1.29, 1.82) is 0 Å². The number of H-pyrrole nitrogens is 1. The Bertz CT molecular complexity index is 1120. The van der Waals surface area contributed by atoms with E-state index in [4.69, 9.17) is 9.47 Å². The molecule has 2 aromatic heterocycles. The summed E-state index contributed by atoms with van der Waals surface area (Å²) in [6.45, 7) is 0.508. The minimum absolute atomic E-state index is 0.177. The summed E-state index contributed by atoms with van der Waals surface area (Å²) in [7, 11) is 3.21. The second-order valence-electron chi connectivity index (χ2n) is 6.50. The Morgan fingerprint density at radius 3 is 2.72 bits per heavy atom. The number of benzene rings is 2. The van der Waals surface area contributed by atoms with Crippen molar-refractivity contribution < 1.29 is 14.3 Å². The number of nitrogens with one attached hydrogen (secondary N) is 2. The highest BCUT2D eigenvalue weighted by atomic mass is 32.1. The Balaban J connectivity index is 1.38. The summed E-state index contributed by atoms with van der Waals surface area (Å²) in [5, 5.41) is 6.63. The van der Waals surface area contributed by atoms with Gasteiger partial charge in [-0.2, -0.15) is 0 Å². The van der Waals surface area contributed by atoms with Crippen molar-refractivity contribution in [3.8, 4) is 22.2 Å². The maximum Gasteiger partial charge on any atom is 0.270 e. The molecule has 0 unspecified atom stereocenters. The Morgan fingerprint density at radius 1 is 1.10 bits per heavy atom. The molecule has 1 amide bonds. The number of rotatable bonds is 7. The normalized spacial score (nSPS) is 10.8. The quantitative estimate of drug-likeness (QED) is 0.479. The second-order valence-corrected chi connectivity index (χ2v) is 7.36. The Labute approximate surface area is 172 Å². The Hall–Kier alpha value is -3.32. The molecule has 0 saturated carbocycles. The number of fused-ring (bicyclic) bond motifs is 1. The van der Waals surface area contributed by atoms with Crippen molar-refractivity contribution in [3.63, 3.8) is 0 Å². The molecule has 6 nitrogen and oxygen atoms in total. The number of amides is 1. The molecule has 0 radical (unpaired) electrons. The van der Waals surface area contributed by atoms with E-state index in [9.17, 15) is 4.79 Å². The van der Waals surface area contributed by atoms with E-state index in [2.05, 4.69) is 15.3 Å². The molecule has 2 aromatic carbocycles. The van der Waals surface area contributed by atoms with Gasteiger partial charge in [-0.25, -0.2) is 4.98 Å². The average Bonchev–Trinajstić information content (AvgIpc) is 3.40. The third kappa shape index (κ3) is 4.09. The number of aromatic nitrogens is 2. The van der Waals surface area contributed by atoms with Crippen LogP contribution in [0.5, 0.6) is 11.5 Å². The zero-order chi connectivity index (χ0) is 20.2. The molecule has 0 atom stereocenters. The van der Waals surface area contributed by atoms with Crippen molar-refractivity contribution in [2.24, 2.45) is 0 Å². The fourth-order valence-corrected chi connectivity index (χ4v) is 3.91. The summed E-state index contributed by atoms with van der Waals surface area (Å²) >= 11 is 1.45. The summed E-state index contributed by atoms with van der Waals surface area (Å²) < 4.78 is 10.6. The largest absolute Gasteiger partial charge is 0.493 e. The van der Waals surface area contributed by atoms with Gasteiger partial charge in [-0.1, -0.05) is 24.3 Å². The minimum atomic E-state index is -0.177. The standard InChI is InChI=1S/C22H21N3O3S/c1-27-19-8-7-14(11-20(19)28-2)9-10-23-21(26)18-13-29-22(25-18)17-12-15-5-3-4-6-16(15)24-17/h3-8,11-13,24H,9-10H2,1-2H3,(H,23,26). The van der Waals surface area contributed by atoms with Gasteiger partial charge >= 0.3 is 0 Å². The minimum Gasteiger partial charge on any atom is -0.493 e. The molecule has 0 aliphatic rings. The van der Waals surface area contributed by atoms with Gasteiger partial charge in [0.1, 0.15) is 10.7 Å². The molecule has 29 heavy (non-hydrogen) atoms. The van der Waals surface area contributed by atoms with Gasteiger partial charge in [0.15, 0.2) is 11.5 Å². The number of hydrogen-bond acceptors (Lipinski definition) is 5. The van der Waals surface area contributed by atoms with Crippen LogP contribution < -0.4 is 14.8 Å². The molecular formula is C22H21N3O3S. The van der Waals surface area contributed by atoms with Gasteiger partial charge < -0.3 is 19.8 Å². The van der Waals surface area contributed by atoms with Crippen LogP contribution in [0, 0.1) is 0 Å². The molecule has 0 saturated heterocycles. The summed E-state index contributed by atoms with van der Waals surface area (Å²) in [5.74, 6) is 1.19.